The Morgan fingerprint density at radius 1 is 1.05 bits per heavy atom. The summed E-state index contributed by atoms with van der Waals surface area (Å²) in [4.78, 5) is 28.2. The van der Waals surface area contributed by atoms with Crippen LogP contribution in [0.15, 0.2) is 42.1 Å². The minimum absolute atomic E-state index is 0.160. The second-order valence-corrected chi connectivity index (χ2v) is 4.42. The monoisotopic (exact) mass is 299 g/mol. The van der Waals surface area contributed by atoms with Gasteiger partial charge in [-0.15, -0.1) is 0 Å². The molecule has 5 heteroatoms. The molecule has 2 aromatic rings. The van der Waals surface area contributed by atoms with Crippen molar-refractivity contribution < 1.29 is 19.1 Å². The Morgan fingerprint density at radius 2 is 1.68 bits per heavy atom. The van der Waals surface area contributed by atoms with Crippen molar-refractivity contribution in [2.24, 2.45) is 0 Å². The van der Waals surface area contributed by atoms with Crippen molar-refractivity contribution in [3.8, 4) is 0 Å². The summed E-state index contributed by atoms with van der Waals surface area (Å²) in [6.45, 7) is 3.71. The van der Waals surface area contributed by atoms with Crippen molar-refractivity contribution in [3.05, 3.63) is 47.8 Å². The third-order valence-corrected chi connectivity index (χ3v) is 2.98. The molecule has 0 bridgehead atoms. The summed E-state index contributed by atoms with van der Waals surface area (Å²) in [6, 6.07) is 9.45. The average Bonchev–Trinajstić information content (AvgIpc) is 2.53. The predicted octanol–water partition coefficient (Wildman–Crippen LogP) is 2.74. The van der Waals surface area contributed by atoms with Crippen LogP contribution in [0.5, 0.6) is 0 Å². The molecule has 22 heavy (non-hydrogen) atoms. The molecule has 0 aliphatic heterocycles. The number of pyridine rings is 1. The van der Waals surface area contributed by atoms with E-state index in [1.54, 1.807) is 20.0 Å². The predicted molar refractivity (Wildman–Crippen MR) is 83.0 cm³/mol. The maximum absolute atomic E-state index is 12.0. The van der Waals surface area contributed by atoms with E-state index in [4.69, 9.17) is 9.47 Å². The Bertz CT molecular complexity index is 696. The van der Waals surface area contributed by atoms with E-state index in [1.807, 2.05) is 30.3 Å². The highest BCUT2D eigenvalue weighted by Crippen LogP contribution is 2.19. The molecular weight excluding hydrogens is 282 g/mol. The minimum Gasteiger partial charge on any atom is -0.462 e. The molecule has 0 unspecified atom stereocenters. The van der Waals surface area contributed by atoms with Crippen molar-refractivity contribution in [3.63, 3.8) is 0 Å². The van der Waals surface area contributed by atoms with Gasteiger partial charge in [-0.3, -0.25) is 4.98 Å². The maximum atomic E-state index is 12.0. The zero-order valence-corrected chi connectivity index (χ0v) is 12.5. The van der Waals surface area contributed by atoms with Crippen LogP contribution in [0.2, 0.25) is 0 Å². The molecule has 0 fully saturated rings. The maximum Gasteiger partial charge on any atom is 0.345 e. The highest BCUT2D eigenvalue weighted by atomic mass is 16.6. The van der Waals surface area contributed by atoms with E-state index < -0.39 is 11.9 Å². The molecule has 2 rings (SSSR count). The molecule has 0 saturated heterocycles. The van der Waals surface area contributed by atoms with Gasteiger partial charge in [0.25, 0.3) is 0 Å². The molecule has 1 aromatic heterocycles. The van der Waals surface area contributed by atoms with Crippen LogP contribution in [0.25, 0.3) is 16.8 Å². The van der Waals surface area contributed by atoms with Gasteiger partial charge in [0, 0.05) is 11.6 Å². The summed E-state index contributed by atoms with van der Waals surface area (Å²) in [5.41, 5.74) is 0.363. The fourth-order valence-corrected chi connectivity index (χ4v) is 2.01. The lowest BCUT2D eigenvalue weighted by Crippen LogP contribution is -2.18. The number of carbonyl (C=O) groups excluding carboxylic acids is 2. The molecular formula is C17H17NO4. The number of aromatic nitrogens is 1. The first-order valence-corrected chi connectivity index (χ1v) is 7.07. The van der Waals surface area contributed by atoms with Gasteiger partial charge < -0.3 is 9.47 Å². The van der Waals surface area contributed by atoms with Crippen LogP contribution >= 0.6 is 0 Å². The zero-order chi connectivity index (χ0) is 15.9. The topological polar surface area (TPSA) is 65.5 Å². The fraction of sp³-hybridized carbons (Fsp3) is 0.235. The molecule has 114 valence electrons. The fourth-order valence-electron chi connectivity index (χ4n) is 2.01. The van der Waals surface area contributed by atoms with Gasteiger partial charge in [0.05, 0.1) is 18.9 Å². The number of nitrogens with zero attached hydrogens (tertiary/aromatic N) is 1. The summed E-state index contributed by atoms with van der Waals surface area (Å²) in [6.07, 6.45) is 3.04. The highest BCUT2D eigenvalue weighted by Gasteiger charge is 2.21. The Kier molecular flexibility index (Phi) is 5.25. The van der Waals surface area contributed by atoms with Gasteiger partial charge in [-0.05, 0) is 31.4 Å². The summed E-state index contributed by atoms with van der Waals surface area (Å²) in [5, 5.41) is 1.81. The van der Waals surface area contributed by atoms with Gasteiger partial charge >= 0.3 is 11.9 Å². The summed E-state index contributed by atoms with van der Waals surface area (Å²) in [5.74, 6) is -1.42. The molecule has 0 saturated carbocycles. The lowest BCUT2D eigenvalue weighted by molar-refractivity contribution is -0.146. The molecule has 0 aliphatic rings. The van der Waals surface area contributed by atoms with Crippen LogP contribution in [0, 0.1) is 0 Å². The number of ether oxygens (including phenoxy) is 2. The van der Waals surface area contributed by atoms with Crippen LogP contribution in [0.3, 0.4) is 0 Å². The first kappa shape index (κ1) is 15.7. The van der Waals surface area contributed by atoms with Gasteiger partial charge in [0.1, 0.15) is 5.57 Å². The van der Waals surface area contributed by atoms with Crippen LogP contribution in [-0.2, 0) is 19.1 Å². The second-order valence-electron chi connectivity index (χ2n) is 4.42. The lowest BCUT2D eigenvalue weighted by atomic mass is 10.1. The van der Waals surface area contributed by atoms with E-state index in [-0.39, 0.29) is 18.8 Å². The van der Waals surface area contributed by atoms with E-state index >= 15 is 0 Å². The molecule has 0 atom stereocenters. The quantitative estimate of drug-likeness (QED) is 0.367. The SMILES string of the molecule is CCOC(=O)C(=Cc1nccc2ccccc12)C(=O)OCC. The molecule has 1 aromatic carbocycles. The first-order chi connectivity index (χ1) is 10.7. The molecule has 0 radical (unpaired) electrons. The van der Waals surface area contributed by atoms with Gasteiger partial charge in [-0.25, -0.2) is 9.59 Å². The molecule has 0 aliphatic carbocycles. The Morgan fingerprint density at radius 3 is 2.32 bits per heavy atom. The standard InChI is InChI=1S/C17H17NO4/c1-3-21-16(19)14(17(20)22-4-2)11-15-13-8-6-5-7-12(13)9-10-18-15/h5-11H,3-4H2,1-2H3. The second kappa shape index (κ2) is 7.36. The van der Waals surface area contributed by atoms with E-state index in [0.717, 1.165) is 10.8 Å². The van der Waals surface area contributed by atoms with Crippen molar-refractivity contribution in [2.75, 3.05) is 13.2 Å². The van der Waals surface area contributed by atoms with Crippen LogP contribution < -0.4 is 0 Å². The number of carbonyl (C=O) groups is 2. The van der Waals surface area contributed by atoms with Crippen LogP contribution in [0.1, 0.15) is 19.5 Å². The largest absolute Gasteiger partial charge is 0.462 e. The smallest absolute Gasteiger partial charge is 0.345 e. The number of benzene rings is 1. The third kappa shape index (κ3) is 3.49. The number of esters is 2. The van der Waals surface area contributed by atoms with Crippen molar-refractivity contribution in [1.82, 2.24) is 4.98 Å². The van der Waals surface area contributed by atoms with Gasteiger partial charge in [0.15, 0.2) is 0 Å². The van der Waals surface area contributed by atoms with Crippen LogP contribution in [-0.4, -0.2) is 30.1 Å². The van der Waals surface area contributed by atoms with E-state index in [0.29, 0.717) is 5.69 Å². The van der Waals surface area contributed by atoms with Crippen LogP contribution in [0.4, 0.5) is 0 Å². The van der Waals surface area contributed by atoms with Crippen molar-refractivity contribution >= 4 is 28.8 Å². The summed E-state index contributed by atoms with van der Waals surface area (Å²) < 4.78 is 9.84. The van der Waals surface area contributed by atoms with Crippen molar-refractivity contribution in [1.29, 1.82) is 0 Å². The Balaban J connectivity index is 2.51. The lowest BCUT2D eigenvalue weighted by Gasteiger charge is -2.07. The average molecular weight is 299 g/mol. The molecule has 5 nitrogen and oxygen atoms in total. The normalized spacial score (nSPS) is 10.1. The molecule has 1 heterocycles. The number of hydrogen-bond acceptors (Lipinski definition) is 5. The van der Waals surface area contributed by atoms with Gasteiger partial charge in [0.2, 0.25) is 0 Å². The zero-order valence-electron chi connectivity index (χ0n) is 12.5. The van der Waals surface area contributed by atoms with Gasteiger partial charge in [-0.2, -0.15) is 0 Å². The number of rotatable bonds is 5. The third-order valence-electron chi connectivity index (χ3n) is 2.98. The van der Waals surface area contributed by atoms with E-state index in [9.17, 15) is 9.59 Å². The molecule has 0 amide bonds. The van der Waals surface area contributed by atoms with E-state index in [1.165, 1.54) is 6.08 Å². The Labute approximate surface area is 128 Å². The summed E-state index contributed by atoms with van der Waals surface area (Å²) >= 11 is 0. The number of hydrogen-bond donors (Lipinski definition) is 0. The van der Waals surface area contributed by atoms with E-state index in [2.05, 4.69) is 4.98 Å². The molecule has 0 N–H and O–H groups in total. The molecule has 0 spiro atoms. The number of fused-ring (bicyclic) bond motifs is 1. The van der Waals surface area contributed by atoms with Gasteiger partial charge in [-0.1, -0.05) is 24.3 Å². The Hall–Kier alpha value is -2.69. The van der Waals surface area contributed by atoms with Crippen molar-refractivity contribution in [2.45, 2.75) is 13.8 Å². The first-order valence-electron chi connectivity index (χ1n) is 7.07. The minimum atomic E-state index is -0.712. The highest BCUT2D eigenvalue weighted by molar-refractivity contribution is 6.18. The summed E-state index contributed by atoms with van der Waals surface area (Å²) in [7, 11) is 0.